The van der Waals surface area contributed by atoms with E-state index in [-0.39, 0.29) is 0 Å². The van der Waals surface area contributed by atoms with Gasteiger partial charge in [0.25, 0.3) is 0 Å². The molecule has 0 spiro atoms. The van der Waals surface area contributed by atoms with E-state index in [0.717, 1.165) is 22.1 Å². The molecule has 1 heterocycles. The van der Waals surface area contributed by atoms with Gasteiger partial charge in [-0.1, -0.05) is 158 Å². The van der Waals surface area contributed by atoms with Gasteiger partial charge < -0.3 is 0 Å². The molecule has 1 aromatic heterocycles. The predicted octanol–water partition coefficient (Wildman–Crippen LogP) is 10.4. The lowest BCUT2D eigenvalue weighted by Gasteiger charge is -2.34. The van der Waals surface area contributed by atoms with Crippen LogP contribution in [-0.2, 0) is 5.41 Å². The Bertz CT molecular complexity index is 2290. The molecule has 8 aromatic rings. The van der Waals surface area contributed by atoms with Crippen LogP contribution in [0.2, 0.25) is 0 Å². The van der Waals surface area contributed by atoms with Crippen LogP contribution >= 0.6 is 0 Å². The highest BCUT2D eigenvalue weighted by molar-refractivity contribution is 5.97. The molecule has 0 radical (unpaired) electrons. The topological polar surface area (TPSA) is 38.7 Å². The van der Waals surface area contributed by atoms with Gasteiger partial charge in [-0.05, 0) is 62.4 Å². The third-order valence-corrected chi connectivity index (χ3v) is 9.37. The average molecular weight is 600 g/mol. The SMILES string of the molecule is c1ccc(-c2nc(-c3ccccc3)nc(-c3ccc4cc5c(cc4c3)C(c3ccccc3)(c3ccccc3)c3ccccc3-5)n2)cc1. The lowest BCUT2D eigenvalue weighted by molar-refractivity contribution is 0.769. The van der Waals surface area contributed by atoms with Gasteiger partial charge in [0, 0.05) is 16.7 Å². The van der Waals surface area contributed by atoms with Crippen molar-refractivity contribution in [3.8, 4) is 45.3 Å². The van der Waals surface area contributed by atoms with Gasteiger partial charge in [0.15, 0.2) is 17.5 Å². The summed E-state index contributed by atoms with van der Waals surface area (Å²) in [7, 11) is 0. The zero-order valence-electron chi connectivity index (χ0n) is 25.6. The third-order valence-electron chi connectivity index (χ3n) is 9.37. The second-order valence-electron chi connectivity index (χ2n) is 12.0. The molecule has 220 valence electrons. The number of rotatable bonds is 5. The molecule has 47 heavy (non-hydrogen) atoms. The van der Waals surface area contributed by atoms with E-state index < -0.39 is 5.41 Å². The second kappa shape index (κ2) is 11.0. The van der Waals surface area contributed by atoms with Crippen molar-refractivity contribution in [1.82, 2.24) is 15.0 Å². The fraction of sp³-hybridized carbons (Fsp3) is 0.0227. The van der Waals surface area contributed by atoms with Crippen LogP contribution in [-0.4, -0.2) is 15.0 Å². The maximum absolute atomic E-state index is 5.01. The van der Waals surface area contributed by atoms with Gasteiger partial charge in [-0.15, -0.1) is 0 Å². The molecule has 0 saturated carbocycles. The first kappa shape index (κ1) is 27.1. The van der Waals surface area contributed by atoms with E-state index >= 15 is 0 Å². The Balaban J connectivity index is 1.28. The predicted molar refractivity (Wildman–Crippen MR) is 191 cm³/mol. The van der Waals surface area contributed by atoms with Crippen molar-refractivity contribution in [3.05, 3.63) is 198 Å². The normalized spacial score (nSPS) is 12.9. The molecule has 0 amide bonds. The number of nitrogens with zero attached hydrogens (tertiary/aromatic N) is 3. The molecular formula is C44H29N3. The van der Waals surface area contributed by atoms with Gasteiger partial charge in [-0.3, -0.25) is 0 Å². The van der Waals surface area contributed by atoms with Crippen molar-refractivity contribution in [1.29, 1.82) is 0 Å². The monoisotopic (exact) mass is 599 g/mol. The fourth-order valence-corrected chi connectivity index (χ4v) is 7.26. The Morgan fingerprint density at radius 2 is 0.809 bits per heavy atom. The van der Waals surface area contributed by atoms with Crippen molar-refractivity contribution in [2.75, 3.05) is 0 Å². The number of aromatic nitrogens is 3. The van der Waals surface area contributed by atoms with Crippen molar-refractivity contribution in [2.24, 2.45) is 0 Å². The van der Waals surface area contributed by atoms with Crippen molar-refractivity contribution < 1.29 is 0 Å². The Morgan fingerprint density at radius 3 is 1.38 bits per heavy atom. The summed E-state index contributed by atoms with van der Waals surface area (Å²) in [5.41, 5.74) is 10.1. The summed E-state index contributed by atoms with van der Waals surface area (Å²) >= 11 is 0. The highest BCUT2D eigenvalue weighted by Crippen LogP contribution is 2.56. The summed E-state index contributed by atoms with van der Waals surface area (Å²) in [6.45, 7) is 0. The van der Waals surface area contributed by atoms with E-state index in [9.17, 15) is 0 Å². The summed E-state index contributed by atoms with van der Waals surface area (Å²) < 4.78 is 0. The van der Waals surface area contributed by atoms with E-state index in [1.54, 1.807) is 0 Å². The largest absolute Gasteiger partial charge is 0.208 e. The molecule has 9 rings (SSSR count). The molecule has 3 heteroatoms. The Morgan fingerprint density at radius 1 is 0.319 bits per heavy atom. The standard InChI is InChI=1S/C44H29N3/c1-5-15-30(16-6-1)41-45-42(31-17-7-2-8-18-31)47-43(46-41)33-26-25-32-28-38-37-23-13-14-24-39(37)44(35-19-9-3-10-20-35,36-21-11-4-12-22-36)40(38)29-34(32)27-33/h1-29H. The van der Waals surface area contributed by atoms with Crippen LogP contribution < -0.4 is 0 Å². The second-order valence-corrected chi connectivity index (χ2v) is 12.0. The molecule has 3 nitrogen and oxygen atoms in total. The van der Waals surface area contributed by atoms with Gasteiger partial charge in [0.05, 0.1) is 5.41 Å². The van der Waals surface area contributed by atoms with Gasteiger partial charge >= 0.3 is 0 Å². The zero-order valence-corrected chi connectivity index (χ0v) is 25.6. The first-order valence-corrected chi connectivity index (χ1v) is 16.0. The number of benzene rings is 7. The summed E-state index contributed by atoms with van der Waals surface area (Å²) in [6.07, 6.45) is 0. The van der Waals surface area contributed by atoms with Crippen molar-refractivity contribution >= 4 is 10.8 Å². The minimum absolute atomic E-state index is 0.452. The van der Waals surface area contributed by atoms with Gasteiger partial charge in [-0.25, -0.2) is 15.0 Å². The summed E-state index contributed by atoms with van der Waals surface area (Å²) in [5, 5.41) is 2.33. The van der Waals surface area contributed by atoms with Crippen LogP contribution in [0.4, 0.5) is 0 Å². The summed E-state index contributed by atoms with van der Waals surface area (Å²) in [6, 6.07) is 62.3. The van der Waals surface area contributed by atoms with Gasteiger partial charge in [0.1, 0.15) is 0 Å². The molecule has 0 aliphatic heterocycles. The smallest absolute Gasteiger partial charge is 0.164 e. The number of hydrogen-bond donors (Lipinski definition) is 0. The Hall–Kier alpha value is -6.19. The maximum atomic E-state index is 5.01. The van der Waals surface area contributed by atoms with Crippen LogP contribution in [0.3, 0.4) is 0 Å². The molecule has 1 aliphatic carbocycles. The summed E-state index contributed by atoms with van der Waals surface area (Å²) in [4.78, 5) is 14.9. The first-order valence-electron chi connectivity index (χ1n) is 16.0. The first-order chi connectivity index (χ1) is 23.3. The van der Waals surface area contributed by atoms with E-state index in [1.807, 2.05) is 60.7 Å². The quantitative estimate of drug-likeness (QED) is 0.198. The van der Waals surface area contributed by atoms with Crippen LogP contribution in [0.1, 0.15) is 22.3 Å². The Labute approximate surface area is 273 Å². The van der Waals surface area contributed by atoms with Crippen molar-refractivity contribution in [2.45, 2.75) is 5.41 Å². The lowest BCUT2D eigenvalue weighted by atomic mass is 9.67. The third kappa shape index (κ3) is 4.39. The average Bonchev–Trinajstić information content (AvgIpc) is 3.45. The maximum Gasteiger partial charge on any atom is 0.164 e. The van der Waals surface area contributed by atoms with Crippen molar-refractivity contribution in [3.63, 3.8) is 0 Å². The van der Waals surface area contributed by atoms with Crippen LogP contribution in [0, 0.1) is 0 Å². The summed E-state index contributed by atoms with van der Waals surface area (Å²) in [5.74, 6) is 1.97. The molecule has 0 unspecified atom stereocenters. The molecule has 0 N–H and O–H groups in total. The number of fused-ring (bicyclic) bond motifs is 4. The van der Waals surface area contributed by atoms with Gasteiger partial charge in [-0.2, -0.15) is 0 Å². The zero-order chi connectivity index (χ0) is 31.2. The molecule has 1 aliphatic rings. The molecule has 7 aromatic carbocycles. The van der Waals surface area contributed by atoms with Crippen LogP contribution in [0.15, 0.2) is 176 Å². The molecule has 0 fully saturated rings. The van der Waals surface area contributed by atoms with E-state index in [4.69, 9.17) is 15.0 Å². The van der Waals surface area contributed by atoms with Crippen LogP contribution in [0.5, 0.6) is 0 Å². The molecule has 0 atom stereocenters. The molecule has 0 saturated heterocycles. The minimum Gasteiger partial charge on any atom is -0.208 e. The highest BCUT2D eigenvalue weighted by Gasteiger charge is 2.46. The lowest BCUT2D eigenvalue weighted by Crippen LogP contribution is -2.28. The number of hydrogen-bond acceptors (Lipinski definition) is 3. The highest BCUT2D eigenvalue weighted by atomic mass is 15.0. The Kier molecular flexibility index (Phi) is 6.36. The van der Waals surface area contributed by atoms with E-state index in [2.05, 4.69) is 115 Å². The van der Waals surface area contributed by atoms with E-state index in [0.29, 0.717) is 17.5 Å². The van der Waals surface area contributed by atoms with E-state index in [1.165, 1.54) is 38.8 Å². The van der Waals surface area contributed by atoms with Gasteiger partial charge in [0.2, 0.25) is 0 Å². The fourth-order valence-electron chi connectivity index (χ4n) is 7.26. The molecular weight excluding hydrogens is 571 g/mol. The van der Waals surface area contributed by atoms with Crippen LogP contribution in [0.25, 0.3) is 56.1 Å². The minimum atomic E-state index is -0.452. The molecule has 0 bridgehead atoms.